The summed E-state index contributed by atoms with van der Waals surface area (Å²) >= 11 is 5.32. The molecule has 1 fully saturated rings. The minimum atomic E-state index is -0.616. The highest BCUT2D eigenvalue weighted by Gasteiger charge is 2.13. The molecule has 0 bridgehead atoms. The number of aliphatic hydroxyl groups excluding tert-OH is 1. The monoisotopic (exact) mass is 343 g/mol. The van der Waals surface area contributed by atoms with Crippen molar-refractivity contribution in [2.75, 3.05) is 31.1 Å². The van der Waals surface area contributed by atoms with Gasteiger partial charge in [0.15, 0.2) is 5.96 Å². The first-order valence-corrected chi connectivity index (χ1v) is 8.18. The third-order valence-corrected chi connectivity index (χ3v) is 4.43. The Morgan fingerprint density at radius 1 is 1.47 bits per heavy atom. The first kappa shape index (κ1) is 14.7. The molecule has 0 radical (unpaired) electrons. The van der Waals surface area contributed by atoms with Crippen LogP contribution in [0.4, 0.5) is 0 Å². The van der Waals surface area contributed by atoms with Crippen molar-refractivity contribution in [3.63, 3.8) is 0 Å². The maximum Gasteiger partial charge on any atom is 0.191 e. The topological polar surface area (TPSA) is 61.9 Å². The second-order valence-electron chi connectivity index (χ2n) is 4.37. The van der Waals surface area contributed by atoms with E-state index in [2.05, 4.69) is 25.8 Å². The molecule has 0 unspecified atom stereocenters. The van der Waals surface area contributed by atoms with Gasteiger partial charge in [-0.05, 0) is 17.7 Å². The fraction of sp³-hybridized carbons (Fsp3) is 0.462. The summed E-state index contributed by atoms with van der Waals surface area (Å²) in [6.45, 7) is 2.17. The van der Waals surface area contributed by atoms with Crippen molar-refractivity contribution < 1.29 is 5.11 Å². The van der Waals surface area contributed by atoms with Gasteiger partial charge in [-0.1, -0.05) is 28.1 Å². The van der Waals surface area contributed by atoms with Gasteiger partial charge < -0.3 is 15.7 Å². The van der Waals surface area contributed by atoms with E-state index < -0.39 is 6.10 Å². The normalized spacial score (nSPS) is 18.4. The molecule has 3 N–H and O–H groups in total. The highest BCUT2D eigenvalue weighted by atomic mass is 79.9. The van der Waals surface area contributed by atoms with Crippen LogP contribution in [0.25, 0.3) is 0 Å². The van der Waals surface area contributed by atoms with E-state index in [0.29, 0.717) is 12.5 Å². The Hall–Kier alpha value is -0.720. The molecule has 1 saturated heterocycles. The van der Waals surface area contributed by atoms with E-state index in [1.807, 2.05) is 36.0 Å². The molecule has 1 aliphatic heterocycles. The molecule has 0 aromatic heterocycles. The Bertz CT molecular complexity index is 449. The third kappa shape index (κ3) is 4.40. The van der Waals surface area contributed by atoms with Crippen LogP contribution >= 0.6 is 27.7 Å². The van der Waals surface area contributed by atoms with E-state index >= 15 is 0 Å². The first-order valence-electron chi connectivity index (χ1n) is 6.23. The number of halogens is 1. The van der Waals surface area contributed by atoms with Gasteiger partial charge in [-0.25, -0.2) is 0 Å². The molecule has 0 aliphatic carbocycles. The van der Waals surface area contributed by atoms with Gasteiger partial charge in [0, 0.05) is 29.1 Å². The molecule has 0 saturated carbocycles. The van der Waals surface area contributed by atoms with Gasteiger partial charge in [0.2, 0.25) is 0 Å². The summed E-state index contributed by atoms with van der Waals surface area (Å²) in [5.41, 5.74) is 6.80. The average molecular weight is 344 g/mol. The maximum absolute atomic E-state index is 10.1. The van der Waals surface area contributed by atoms with Crippen molar-refractivity contribution in [2.24, 2.45) is 10.7 Å². The van der Waals surface area contributed by atoms with E-state index in [1.54, 1.807) is 0 Å². The van der Waals surface area contributed by atoms with Crippen molar-refractivity contribution >= 4 is 33.7 Å². The summed E-state index contributed by atoms with van der Waals surface area (Å²) in [7, 11) is 0. The highest BCUT2D eigenvalue weighted by Crippen LogP contribution is 2.18. The molecule has 1 atom stereocenters. The third-order valence-electron chi connectivity index (χ3n) is 2.99. The molecule has 104 valence electrons. The minimum Gasteiger partial charge on any atom is -0.386 e. The zero-order valence-corrected chi connectivity index (χ0v) is 13.0. The molecule has 1 aromatic rings. The molecule has 1 heterocycles. The fourth-order valence-electron chi connectivity index (χ4n) is 1.89. The smallest absolute Gasteiger partial charge is 0.191 e. The van der Waals surface area contributed by atoms with Crippen molar-refractivity contribution in [3.8, 4) is 0 Å². The maximum atomic E-state index is 10.1. The molecule has 1 aliphatic rings. The summed E-state index contributed by atoms with van der Waals surface area (Å²) in [6, 6.07) is 7.61. The Morgan fingerprint density at radius 2 is 2.21 bits per heavy atom. The summed E-state index contributed by atoms with van der Waals surface area (Å²) < 4.78 is 0.953. The van der Waals surface area contributed by atoms with Crippen LogP contribution in [-0.2, 0) is 0 Å². The predicted molar refractivity (Wildman–Crippen MR) is 84.5 cm³/mol. The molecular formula is C13H18BrN3OS. The van der Waals surface area contributed by atoms with Gasteiger partial charge in [0.1, 0.15) is 0 Å². The van der Waals surface area contributed by atoms with Crippen LogP contribution in [0.1, 0.15) is 11.7 Å². The zero-order chi connectivity index (χ0) is 13.7. The quantitative estimate of drug-likeness (QED) is 0.649. The van der Waals surface area contributed by atoms with Crippen LogP contribution < -0.4 is 5.73 Å². The second kappa shape index (κ2) is 7.17. The van der Waals surface area contributed by atoms with Gasteiger partial charge in [-0.3, -0.25) is 4.99 Å². The van der Waals surface area contributed by atoms with Gasteiger partial charge in [0.25, 0.3) is 0 Å². The Balaban J connectivity index is 1.93. The molecule has 0 spiro atoms. The van der Waals surface area contributed by atoms with Gasteiger partial charge in [-0.15, -0.1) is 0 Å². The predicted octanol–water partition coefficient (Wildman–Crippen LogP) is 1.85. The van der Waals surface area contributed by atoms with E-state index in [1.165, 1.54) is 0 Å². The fourth-order valence-corrected chi connectivity index (χ4v) is 3.21. The van der Waals surface area contributed by atoms with E-state index in [4.69, 9.17) is 5.73 Å². The molecule has 1 aromatic carbocycles. The lowest BCUT2D eigenvalue weighted by Crippen LogP contribution is -2.42. The molecule has 0 amide bonds. The lowest BCUT2D eigenvalue weighted by atomic mass is 10.1. The molecule has 4 nitrogen and oxygen atoms in total. The summed E-state index contributed by atoms with van der Waals surface area (Å²) in [5, 5.41) is 10.1. The number of benzene rings is 1. The van der Waals surface area contributed by atoms with Crippen LogP contribution in [0.15, 0.2) is 33.7 Å². The molecule has 2 rings (SSSR count). The number of aliphatic imine (C=N–C) groups is 1. The summed E-state index contributed by atoms with van der Waals surface area (Å²) in [6.07, 6.45) is -0.616. The van der Waals surface area contributed by atoms with Crippen molar-refractivity contribution in [2.45, 2.75) is 6.10 Å². The SMILES string of the molecule is NC(=NC[C@@H](O)c1cccc(Br)c1)N1CCSCC1. The standard InChI is InChI=1S/C13H18BrN3OS/c14-11-3-1-2-10(8-11)12(18)9-16-13(15)17-4-6-19-7-5-17/h1-3,8,12,18H,4-7,9H2,(H2,15,16)/t12-/m1/s1. The van der Waals surface area contributed by atoms with Gasteiger partial charge in [-0.2, -0.15) is 11.8 Å². The Kier molecular flexibility index (Phi) is 5.54. The van der Waals surface area contributed by atoms with Crippen molar-refractivity contribution in [1.29, 1.82) is 0 Å². The number of hydrogen-bond donors (Lipinski definition) is 2. The number of rotatable bonds is 3. The van der Waals surface area contributed by atoms with Crippen molar-refractivity contribution in [3.05, 3.63) is 34.3 Å². The largest absolute Gasteiger partial charge is 0.386 e. The van der Waals surface area contributed by atoms with Crippen LogP contribution in [0.2, 0.25) is 0 Å². The van der Waals surface area contributed by atoms with Gasteiger partial charge >= 0.3 is 0 Å². The number of hydrogen-bond acceptors (Lipinski definition) is 3. The Morgan fingerprint density at radius 3 is 2.89 bits per heavy atom. The number of nitrogens with two attached hydrogens (primary N) is 1. The number of nitrogens with zero attached hydrogens (tertiary/aromatic N) is 2. The van der Waals surface area contributed by atoms with E-state index in [9.17, 15) is 5.11 Å². The summed E-state index contributed by atoms with van der Waals surface area (Å²) in [4.78, 5) is 6.37. The Labute approximate surface area is 126 Å². The molecule has 6 heteroatoms. The molecule has 19 heavy (non-hydrogen) atoms. The zero-order valence-electron chi connectivity index (χ0n) is 10.6. The second-order valence-corrected chi connectivity index (χ2v) is 6.51. The van der Waals surface area contributed by atoms with Crippen LogP contribution in [0.5, 0.6) is 0 Å². The number of thioether (sulfide) groups is 1. The summed E-state index contributed by atoms with van der Waals surface area (Å²) in [5.74, 6) is 2.71. The van der Waals surface area contributed by atoms with Crippen LogP contribution in [0.3, 0.4) is 0 Å². The van der Waals surface area contributed by atoms with Crippen LogP contribution in [0, 0.1) is 0 Å². The van der Waals surface area contributed by atoms with E-state index in [0.717, 1.165) is 34.6 Å². The first-order chi connectivity index (χ1) is 9.16. The van der Waals surface area contributed by atoms with Gasteiger partial charge in [0.05, 0.1) is 12.6 Å². The van der Waals surface area contributed by atoms with Crippen molar-refractivity contribution in [1.82, 2.24) is 4.90 Å². The number of aliphatic hydroxyl groups is 1. The van der Waals surface area contributed by atoms with E-state index in [-0.39, 0.29) is 0 Å². The highest BCUT2D eigenvalue weighted by molar-refractivity contribution is 9.10. The minimum absolute atomic E-state index is 0.298. The lowest BCUT2D eigenvalue weighted by Gasteiger charge is -2.27. The average Bonchev–Trinajstić information content (AvgIpc) is 2.45. The van der Waals surface area contributed by atoms with Crippen LogP contribution in [-0.4, -0.2) is 47.1 Å². The lowest BCUT2D eigenvalue weighted by molar-refractivity contribution is 0.186. The molecular weight excluding hydrogens is 326 g/mol. The number of guanidine groups is 1.